The maximum Gasteiger partial charge on any atom is 0.253 e. The van der Waals surface area contributed by atoms with E-state index in [1.165, 1.54) is 6.42 Å². The molecule has 1 aliphatic heterocycles. The number of amides is 1. The molecule has 1 aromatic rings. The molecular weight excluding hydrogens is 314 g/mol. The summed E-state index contributed by atoms with van der Waals surface area (Å²) >= 11 is 3.51. The molecule has 0 bridgehead atoms. The molecule has 1 aliphatic rings. The number of nitrogens with zero attached hydrogens (tertiary/aromatic N) is 1. The number of rotatable bonds is 2. The number of likely N-dealkylation sites (tertiary alicyclic amines) is 1. The zero-order valence-corrected chi connectivity index (χ0v) is 14.2. The molecule has 20 heavy (non-hydrogen) atoms. The number of carbonyl (C=O) groups excluding carboxylic acids is 1. The quantitative estimate of drug-likeness (QED) is 0.768. The third-order valence-electron chi connectivity index (χ3n) is 4.42. The largest absolute Gasteiger partial charge is 0.339 e. The molecule has 2 rings (SSSR count). The standard InChI is InChI=1S/C17H24BrNO/c1-12(2)14-5-4-9-19(10-8-14)17(20)15-7-6-13(3)16(18)11-15/h6-7,11-12,14H,4-5,8-10H2,1-3H3. The van der Waals surface area contributed by atoms with Gasteiger partial charge >= 0.3 is 0 Å². The van der Waals surface area contributed by atoms with Crippen LogP contribution >= 0.6 is 15.9 Å². The normalized spacial score (nSPS) is 20.1. The van der Waals surface area contributed by atoms with Crippen molar-refractivity contribution >= 4 is 21.8 Å². The van der Waals surface area contributed by atoms with E-state index >= 15 is 0 Å². The lowest BCUT2D eigenvalue weighted by Crippen LogP contribution is -2.32. The van der Waals surface area contributed by atoms with Gasteiger partial charge in [0.2, 0.25) is 0 Å². The number of hydrogen-bond acceptors (Lipinski definition) is 1. The van der Waals surface area contributed by atoms with Gasteiger partial charge < -0.3 is 4.90 Å². The SMILES string of the molecule is Cc1ccc(C(=O)N2CCCC(C(C)C)CC2)cc1Br. The lowest BCUT2D eigenvalue weighted by atomic mass is 9.89. The highest BCUT2D eigenvalue weighted by Crippen LogP contribution is 2.26. The van der Waals surface area contributed by atoms with Gasteiger partial charge in [0.05, 0.1) is 0 Å². The second-order valence-corrected chi connectivity index (χ2v) is 7.05. The third kappa shape index (κ3) is 3.63. The summed E-state index contributed by atoms with van der Waals surface area (Å²) in [4.78, 5) is 14.6. The molecule has 0 saturated carbocycles. The average Bonchev–Trinajstić information content (AvgIpc) is 2.67. The third-order valence-corrected chi connectivity index (χ3v) is 5.28. The molecule has 0 N–H and O–H groups in total. The molecular formula is C17H24BrNO. The molecule has 3 heteroatoms. The summed E-state index contributed by atoms with van der Waals surface area (Å²) in [6.45, 7) is 8.41. The van der Waals surface area contributed by atoms with Crippen molar-refractivity contribution in [1.82, 2.24) is 4.90 Å². The van der Waals surface area contributed by atoms with Crippen LogP contribution in [0.4, 0.5) is 0 Å². The van der Waals surface area contributed by atoms with Crippen molar-refractivity contribution in [3.8, 4) is 0 Å². The fourth-order valence-electron chi connectivity index (χ4n) is 2.90. The maximum atomic E-state index is 12.6. The summed E-state index contributed by atoms with van der Waals surface area (Å²) in [5, 5.41) is 0. The van der Waals surface area contributed by atoms with Gasteiger partial charge in [-0.15, -0.1) is 0 Å². The monoisotopic (exact) mass is 337 g/mol. The van der Waals surface area contributed by atoms with Crippen LogP contribution < -0.4 is 0 Å². The number of aryl methyl sites for hydroxylation is 1. The highest BCUT2D eigenvalue weighted by atomic mass is 79.9. The topological polar surface area (TPSA) is 20.3 Å². The predicted molar refractivity (Wildman–Crippen MR) is 87.0 cm³/mol. The van der Waals surface area contributed by atoms with Crippen LogP contribution in [-0.2, 0) is 0 Å². The van der Waals surface area contributed by atoms with Gasteiger partial charge in [-0.25, -0.2) is 0 Å². The smallest absolute Gasteiger partial charge is 0.253 e. The summed E-state index contributed by atoms with van der Waals surface area (Å²) in [5.41, 5.74) is 1.96. The van der Waals surface area contributed by atoms with Crippen LogP contribution in [0.1, 0.15) is 49.0 Å². The van der Waals surface area contributed by atoms with Crippen LogP contribution in [0.25, 0.3) is 0 Å². The van der Waals surface area contributed by atoms with Gasteiger partial charge in [-0.3, -0.25) is 4.79 Å². The Morgan fingerprint density at radius 3 is 2.70 bits per heavy atom. The van der Waals surface area contributed by atoms with E-state index in [2.05, 4.69) is 29.8 Å². The fourth-order valence-corrected chi connectivity index (χ4v) is 3.28. The van der Waals surface area contributed by atoms with Gasteiger partial charge in [-0.2, -0.15) is 0 Å². The summed E-state index contributed by atoms with van der Waals surface area (Å²) in [6.07, 6.45) is 3.51. The first-order chi connectivity index (χ1) is 9.49. The van der Waals surface area contributed by atoms with E-state index in [1.54, 1.807) is 0 Å². The van der Waals surface area contributed by atoms with Crippen molar-refractivity contribution in [3.63, 3.8) is 0 Å². The summed E-state index contributed by atoms with van der Waals surface area (Å²) in [6, 6.07) is 5.89. The summed E-state index contributed by atoms with van der Waals surface area (Å²) < 4.78 is 1.01. The minimum absolute atomic E-state index is 0.176. The number of benzene rings is 1. The molecule has 0 radical (unpaired) electrons. The lowest BCUT2D eigenvalue weighted by Gasteiger charge is -2.22. The van der Waals surface area contributed by atoms with Crippen molar-refractivity contribution in [2.75, 3.05) is 13.1 Å². The average molecular weight is 338 g/mol. The zero-order valence-electron chi connectivity index (χ0n) is 12.7. The molecule has 0 aliphatic carbocycles. The first-order valence-electron chi connectivity index (χ1n) is 7.54. The predicted octanol–water partition coefficient (Wildman–Crippen LogP) is 4.66. The van der Waals surface area contributed by atoms with Crippen molar-refractivity contribution in [2.24, 2.45) is 11.8 Å². The van der Waals surface area contributed by atoms with Crippen molar-refractivity contribution in [3.05, 3.63) is 33.8 Å². The minimum Gasteiger partial charge on any atom is -0.339 e. The van der Waals surface area contributed by atoms with Crippen molar-refractivity contribution < 1.29 is 4.79 Å². The minimum atomic E-state index is 0.176. The van der Waals surface area contributed by atoms with E-state index in [0.29, 0.717) is 0 Å². The van der Waals surface area contributed by atoms with E-state index in [4.69, 9.17) is 0 Å². The Labute approximate surface area is 130 Å². The maximum absolute atomic E-state index is 12.6. The molecule has 1 amide bonds. The lowest BCUT2D eigenvalue weighted by molar-refractivity contribution is 0.0758. The van der Waals surface area contributed by atoms with E-state index < -0.39 is 0 Å². The first kappa shape index (κ1) is 15.6. The van der Waals surface area contributed by atoms with Gasteiger partial charge in [0.1, 0.15) is 0 Å². The van der Waals surface area contributed by atoms with E-state index in [-0.39, 0.29) is 5.91 Å². The molecule has 1 saturated heterocycles. The second-order valence-electron chi connectivity index (χ2n) is 6.19. The van der Waals surface area contributed by atoms with Gasteiger partial charge in [0.25, 0.3) is 5.91 Å². The molecule has 1 unspecified atom stereocenters. The summed E-state index contributed by atoms with van der Waals surface area (Å²) in [5.74, 6) is 1.66. The number of carbonyl (C=O) groups is 1. The van der Waals surface area contributed by atoms with Crippen LogP contribution in [0.15, 0.2) is 22.7 Å². The van der Waals surface area contributed by atoms with Crippen molar-refractivity contribution in [1.29, 1.82) is 0 Å². The second kappa shape index (κ2) is 6.75. The van der Waals surface area contributed by atoms with Gasteiger partial charge in [-0.1, -0.05) is 35.8 Å². The summed E-state index contributed by atoms with van der Waals surface area (Å²) in [7, 11) is 0. The van der Waals surface area contributed by atoms with Gasteiger partial charge in [0.15, 0.2) is 0 Å². The van der Waals surface area contributed by atoms with Crippen LogP contribution in [0.5, 0.6) is 0 Å². The Hall–Kier alpha value is -0.830. The van der Waals surface area contributed by atoms with E-state index in [9.17, 15) is 4.79 Å². The molecule has 1 fully saturated rings. The Bertz CT molecular complexity index is 484. The number of hydrogen-bond donors (Lipinski definition) is 0. The van der Waals surface area contributed by atoms with Gasteiger partial charge in [-0.05, 0) is 55.7 Å². The Balaban J connectivity index is 2.07. The van der Waals surface area contributed by atoms with Crippen LogP contribution in [0, 0.1) is 18.8 Å². The van der Waals surface area contributed by atoms with Crippen LogP contribution in [0.2, 0.25) is 0 Å². The van der Waals surface area contributed by atoms with E-state index in [0.717, 1.165) is 53.4 Å². The molecule has 110 valence electrons. The molecule has 0 spiro atoms. The van der Waals surface area contributed by atoms with Crippen LogP contribution in [-0.4, -0.2) is 23.9 Å². The Morgan fingerprint density at radius 1 is 1.30 bits per heavy atom. The molecule has 1 heterocycles. The molecule has 1 atom stereocenters. The highest BCUT2D eigenvalue weighted by Gasteiger charge is 2.23. The van der Waals surface area contributed by atoms with Crippen LogP contribution in [0.3, 0.4) is 0 Å². The Kier molecular flexibility index (Phi) is 5.25. The molecule has 0 aromatic heterocycles. The van der Waals surface area contributed by atoms with Gasteiger partial charge in [0, 0.05) is 23.1 Å². The van der Waals surface area contributed by atoms with Crippen molar-refractivity contribution in [2.45, 2.75) is 40.0 Å². The highest BCUT2D eigenvalue weighted by molar-refractivity contribution is 9.10. The zero-order chi connectivity index (χ0) is 14.7. The first-order valence-corrected chi connectivity index (χ1v) is 8.33. The fraction of sp³-hybridized carbons (Fsp3) is 0.588. The van der Waals surface area contributed by atoms with E-state index in [1.807, 2.05) is 30.0 Å². The molecule has 1 aromatic carbocycles. The Morgan fingerprint density at radius 2 is 2.05 bits per heavy atom. The number of halogens is 1. The molecule has 2 nitrogen and oxygen atoms in total.